The van der Waals surface area contributed by atoms with E-state index in [1.807, 2.05) is 0 Å². The average Bonchev–Trinajstić information content (AvgIpc) is 1.99. The molecular formula is C6H8N2O3. The average molecular weight is 156 g/mol. The molecule has 1 rings (SSSR count). The van der Waals surface area contributed by atoms with Crippen LogP contribution in [0.15, 0.2) is 11.0 Å². The van der Waals surface area contributed by atoms with Gasteiger partial charge in [0, 0.05) is 6.92 Å². The van der Waals surface area contributed by atoms with Gasteiger partial charge in [-0.3, -0.25) is 4.79 Å². The minimum absolute atomic E-state index is 0.0715. The number of aromatic nitrogens is 2. The van der Waals surface area contributed by atoms with E-state index < -0.39 is 5.56 Å². The van der Waals surface area contributed by atoms with Crippen molar-refractivity contribution in [3.05, 3.63) is 33.1 Å². The molecule has 1 aromatic heterocycles. The van der Waals surface area contributed by atoms with Crippen LogP contribution in [0.5, 0.6) is 0 Å². The van der Waals surface area contributed by atoms with Gasteiger partial charge in [0.2, 0.25) is 6.20 Å². The Morgan fingerprint density at radius 1 is 1.82 bits per heavy atom. The first kappa shape index (κ1) is 7.74. The molecule has 1 heterocycles. The van der Waals surface area contributed by atoms with Crippen molar-refractivity contribution in [1.82, 2.24) is 4.98 Å². The molecule has 5 heteroatoms. The quantitative estimate of drug-likeness (QED) is 0.396. The van der Waals surface area contributed by atoms with Gasteiger partial charge in [-0.05, 0) is 0 Å². The maximum atomic E-state index is 10.8. The Morgan fingerprint density at radius 3 is 2.91 bits per heavy atom. The number of hydrogen-bond acceptors (Lipinski definition) is 3. The monoisotopic (exact) mass is 156 g/mol. The fraction of sp³-hybridized carbons (Fsp3) is 0.333. The lowest BCUT2D eigenvalue weighted by Gasteiger charge is -1.99. The van der Waals surface area contributed by atoms with E-state index in [0.717, 1.165) is 6.20 Å². The summed E-state index contributed by atoms with van der Waals surface area (Å²) in [5.41, 5.74) is -0.177. The van der Waals surface area contributed by atoms with E-state index in [1.54, 1.807) is 0 Å². The van der Waals surface area contributed by atoms with E-state index >= 15 is 0 Å². The summed E-state index contributed by atoms with van der Waals surface area (Å²) >= 11 is 0. The first-order valence-electron chi connectivity index (χ1n) is 3.08. The second-order valence-corrected chi connectivity index (χ2v) is 2.18. The van der Waals surface area contributed by atoms with E-state index in [2.05, 4.69) is 4.98 Å². The highest BCUT2D eigenvalue weighted by Gasteiger charge is 2.05. The molecule has 0 spiro atoms. The van der Waals surface area contributed by atoms with Crippen LogP contribution >= 0.6 is 0 Å². The zero-order valence-electron chi connectivity index (χ0n) is 6.00. The smallest absolute Gasteiger partial charge is 0.316 e. The van der Waals surface area contributed by atoms with Gasteiger partial charge in [0.15, 0.2) is 0 Å². The molecule has 0 aliphatic carbocycles. The lowest BCUT2D eigenvalue weighted by Crippen LogP contribution is -2.38. The van der Waals surface area contributed by atoms with Crippen LogP contribution in [0, 0.1) is 12.1 Å². The van der Waals surface area contributed by atoms with Crippen LogP contribution in [0.2, 0.25) is 0 Å². The van der Waals surface area contributed by atoms with Gasteiger partial charge in [-0.25, -0.2) is 0 Å². The minimum Gasteiger partial charge on any atom is -0.618 e. The molecule has 0 unspecified atom stereocenters. The zero-order chi connectivity index (χ0) is 8.43. The van der Waals surface area contributed by atoms with Gasteiger partial charge in [0.05, 0.1) is 6.61 Å². The summed E-state index contributed by atoms with van der Waals surface area (Å²) in [5.74, 6) is 0. The van der Waals surface area contributed by atoms with E-state index in [-0.39, 0.29) is 18.0 Å². The van der Waals surface area contributed by atoms with Crippen LogP contribution in [0.3, 0.4) is 0 Å². The maximum absolute atomic E-state index is 10.8. The Morgan fingerprint density at radius 2 is 2.45 bits per heavy atom. The lowest BCUT2D eigenvalue weighted by atomic mass is 10.4. The van der Waals surface area contributed by atoms with E-state index in [4.69, 9.17) is 5.11 Å². The van der Waals surface area contributed by atoms with Crippen molar-refractivity contribution in [3.8, 4) is 0 Å². The molecule has 1 aromatic rings. The van der Waals surface area contributed by atoms with Gasteiger partial charge in [-0.2, -0.15) is 4.73 Å². The third kappa shape index (κ3) is 1.38. The number of nitrogens with one attached hydrogen (secondary N) is 1. The van der Waals surface area contributed by atoms with Crippen LogP contribution in [0.4, 0.5) is 0 Å². The second-order valence-electron chi connectivity index (χ2n) is 2.18. The molecule has 0 fully saturated rings. The van der Waals surface area contributed by atoms with Crippen LogP contribution in [-0.2, 0) is 6.61 Å². The standard InChI is InChI=1S/C6H8N2O3/c1-4-6(10)7-5(3-9)2-8(4)11/h2,9H,3H2,1H3,(H,7,10). The molecule has 0 bridgehead atoms. The van der Waals surface area contributed by atoms with Crippen LogP contribution < -0.4 is 10.3 Å². The molecule has 0 aromatic carbocycles. The first-order valence-corrected chi connectivity index (χ1v) is 3.08. The van der Waals surface area contributed by atoms with E-state index in [9.17, 15) is 10.0 Å². The summed E-state index contributed by atoms with van der Waals surface area (Å²) in [4.78, 5) is 13.2. The van der Waals surface area contributed by atoms with Crippen molar-refractivity contribution in [2.75, 3.05) is 0 Å². The molecular weight excluding hydrogens is 148 g/mol. The molecule has 11 heavy (non-hydrogen) atoms. The van der Waals surface area contributed by atoms with E-state index in [1.165, 1.54) is 6.92 Å². The van der Waals surface area contributed by atoms with Gasteiger partial charge < -0.3 is 15.3 Å². The summed E-state index contributed by atoms with van der Waals surface area (Å²) in [6, 6.07) is 0. The van der Waals surface area contributed by atoms with Gasteiger partial charge in [0.1, 0.15) is 5.69 Å². The summed E-state index contributed by atoms with van der Waals surface area (Å²) in [7, 11) is 0. The topological polar surface area (TPSA) is 80.0 Å². The van der Waals surface area contributed by atoms with Crippen LogP contribution in [0.25, 0.3) is 0 Å². The zero-order valence-corrected chi connectivity index (χ0v) is 6.00. The Kier molecular flexibility index (Phi) is 1.91. The largest absolute Gasteiger partial charge is 0.618 e. The normalized spacial score (nSPS) is 10.0. The van der Waals surface area contributed by atoms with Crippen LogP contribution in [0.1, 0.15) is 11.4 Å². The molecule has 0 aliphatic rings. The third-order valence-corrected chi connectivity index (χ3v) is 1.38. The van der Waals surface area contributed by atoms with Crippen molar-refractivity contribution in [2.45, 2.75) is 13.5 Å². The van der Waals surface area contributed by atoms with Gasteiger partial charge in [-0.1, -0.05) is 0 Å². The molecule has 0 radical (unpaired) electrons. The molecule has 60 valence electrons. The number of nitrogens with zero attached hydrogens (tertiary/aromatic N) is 1. The van der Waals surface area contributed by atoms with Crippen molar-refractivity contribution < 1.29 is 9.84 Å². The Hall–Kier alpha value is -1.36. The molecule has 2 N–H and O–H groups in total. The fourth-order valence-corrected chi connectivity index (χ4v) is 0.687. The molecule has 5 nitrogen and oxygen atoms in total. The molecule has 0 saturated heterocycles. The Bertz CT molecular complexity index is 318. The highest BCUT2D eigenvalue weighted by molar-refractivity contribution is 4.93. The highest BCUT2D eigenvalue weighted by atomic mass is 16.5. The number of rotatable bonds is 1. The predicted molar refractivity (Wildman–Crippen MR) is 36.7 cm³/mol. The van der Waals surface area contributed by atoms with Crippen molar-refractivity contribution in [2.24, 2.45) is 0 Å². The first-order chi connectivity index (χ1) is 5.15. The van der Waals surface area contributed by atoms with Gasteiger partial charge in [-0.15, -0.1) is 0 Å². The number of H-pyrrole nitrogens is 1. The molecule has 0 atom stereocenters. The summed E-state index contributed by atoms with van der Waals surface area (Å²) < 4.78 is 0.435. The highest BCUT2D eigenvalue weighted by Crippen LogP contribution is 1.84. The second kappa shape index (κ2) is 2.71. The number of aliphatic hydroxyl groups excluding tert-OH is 1. The Balaban J connectivity index is 3.32. The summed E-state index contributed by atoms with van der Waals surface area (Å²) in [6.45, 7) is 1.07. The van der Waals surface area contributed by atoms with Crippen LogP contribution in [-0.4, -0.2) is 10.1 Å². The predicted octanol–water partition coefficient (Wildman–Crippen LogP) is -1.19. The van der Waals surface area contributed by atoms with Gasteiger partial charge in [0.25, 0.3) is 5.69 Å². The number of hydrogen-bond donors (Lipinski definition) is 2. The van der Waals surface area contributed by atoms with Crippen molar-refractivity contribution >= 4 is 0 Å². The lowest BCUT2D eigenvalue weighted by molar-refractivity contribution is -0.614. The fourth-order valence-electron chi connectivity index (χ4n) is 0.687. The Labute approximate surface area is 62.5 Å². The van der Waals surface area contributed by atoms with Crippen molar-refractivity contribution in [3.63, 3.8) is 0 Å². The summed E-state index contributed by atoms with van der Waals surface area (Å²) in [6.07, 6.45) is 1.14. The van der Waals surface area contributed by atoms with E-state index in [0.29, 0.717) is 4.73 Å². The summed E-state index contributed by atoms with van der Waals surface area (Å²) in [5, 5.41) is 19.4. The molecule has 0 aliphatic heterocycles. The maximum Gasteiger partial charge on any atom is 0.316 e. The van der Waals surface area contributed by atoms with Crippen molar-refractivity contribution in [1.29, 1.82) is 0 Å². The molecule has 0 saturated carbocycles. The number of aromatic amines is 1. The third-order valence-electron chi connectivity index (χ3n) is 1.38. The van der Waals surface area contributed by atoms with Gasteiger partial charge >= 0.3 is 5.56 Å². The molecule has 0 amide bonds. The minimum atomic E-state index is -0.466. The SMILES string of the molecule is Cc1c(=O)[nH]c(CO)c[n+]1[O-]. The number of aliphatic hydroxyl groups is 1.